The number of carbonyl (C=O) groups excluding carboxylic acids is 2. The number of hydrogen-bond donors (Lipinski definition) is 0. The maximum Gasteiger partial charge on any atom is 0.274 e. The topological polar surface area (TPSA) is 84.2 Å². The van der Waals surface area contributed by atoms with Crippen molar-refractivity contribution in [3.05, 3.63) is 63.6 Å². The van der Waals surface area contributed by atoms with Crippen LogP contribution < -0.4 is 0 Å². The summed E-state index contributed by atoms with van der Waals surface area (Å²) in [6, 6.07) is 4.04. The van der Waals surface area contributed by atoms with E-state index in [0.717, 1.165) is 56.6 Å². The number of aromatic nitrogens is 4. The van der Waals surface area contributed by atoms with E-state index in [-0.39, 0.29) is 11.8 Å². The Kier molecular flexibility index (Phi) is 6.48. The van der Waals surface area contributed by atoms with Gasteiger partial charge in [-0.2, -0.15) is 5.10 Å². The van der Waals surface area contributed by atoms with Crippen molar-refractivity contribution < 1.29 is 9.59 Å². The Morgan fingerprint density at radius 3 is 2.64 bits per heavy atom. The van der Waals surface area contributed by atoms with Crippen LogP contribution in [0.5, 0.6) is 0 Å². The second-order valence-electron chi connectivity index (χ2n) is 8.66. The van der Waals surface area contributed by atoms with Gasteiger partial charge >= 0.3 is 0 Å². The van der Waals surface area contributed by atoms with Gasteiger partial charge < -0.3 is 9.80 Å². The second kappa shape index (κ2) is 9.82. The van der Waals surface area contributed by atoms with Crippen molar-refractivity contribution in [3.8, 4) is 0 Å². The first-order valence-corrected chi connectivity index (χ1v) is 12.5. The normalized spacial score (nSPS) is 16.0. The van der Waals surface area contributed by atoms with Crippen LogP contribution in [0.4, 0.5) is 0 Å². The van der Waals surface area contributed by atoms with E-state index >= 15 is 0 Å². The zero-order chi connectivity index (χ0) is 22.6. The number of amides is 2. The quantitative estimate of drug-likeness (QED) is 0.559. The third kappa shape index (κ3) is 4.68. The highest BCUT2D eigenvalue weighted by molar-refractivity contribution is 7.11. The van der Waals surface area contributed by atoms with Gasteiger partial charge in [-0.1, -0.05) is 6.07 Å². The van der Waals surface area contributed by atoms with E-state index in [2.05, 4.69) is 16.0 Å². The molecule has 0 aromatic carbocycles. The van der Waals surface area contributed by atoms with E-state index in [1.165, 1.54) is 23.3 Å². The minimum Gasteiger partial charge on any atom is -0.337 e. The number of rotatable bonds is 6. The number of thiazole rings is 1. The standard InChI is InChI=1S/C24H28N6O2S/c31-23(21-15-26-17-33-21)29-13-8-20-19(16-29)22(24(32)28-10-2-1-3-11-28)27-30(20)12-5-7-18-6-4-9-25-14-18/h4,6,9,14-15,17H,1-3,5,7-8,10-13,16H2. The lowest BCUT2D eigenvalue weighted by molar-refractivity contribution is 0.0698. The smallest absolute Gasteiger partial charge is 0.274 e. The largest absolute Gasteiger partial charge is 0.337 e. The predicted molar refractivity (Wildman–Crippen MR) is 125 cm³/mol. The third-order valence-electron chi connectivity index (χ3n) is 6.47. The highest BCUT2D eigenvalue weighted by Crippen LogP contribution is 2.27. The molecule has 2 aliphatic heterocycles. The summed E-state index contributed by atoms with van der Waals surface area (Å²) < 4.78 is 2.01. The Bertz CT molecular complexity index is 1110. The maximum atomic E-state index is 13.4. The number of aryl methyl sites for hydroxylation is 2. The SMILES string of the molecule is O=C(c1cncs1)N1CCc2c(c(C(=O)N3CCCCC3)nn2CCCc2cccnc2)C1. The molecular weight excluding hydrogens is 436 g/mol. The van der Waals surface area contributed by atoms with E-state index < -0.39 is 0 Å². The van der Waals surface area contributed by atoms with E-state index in [1.54, 1.807) is 17.9 Å². The van der Waals surface area contributed by atoms with Gasteiger partial charge in [0.15, 0.2) is 5.69 Å². The summed E-state index contributed by atoms with van der Waals surface area (Å²) in [7, 11) is 0. The number of hydrogen-bond acceptors (Lipinski definition) is 6. The van der Waals surface area contributed by atoms with Crippen LogP contribution in [0, 0.1) is 0 Å². The molecule has 0 N–H and O–H groups in total. The predicted octanol–water partition coefficient (Wildman–Crippen LogP) is 3.19. The zero-order valence-electron chi connectivity index (χ0n) is 18.7. The lowest BCUT2D eigenvalue weighted by Crippen LogP contribution is -2.39. The van der Waals surface area contributed by atoms with Crippen LogP contribution in [-0.4, -0.2) is 61.0 Å². The van der Waals surface area contributed by atoms with Crippen molar-refractivity contribution in [1.82, 2.24) is 29.5 Å². The van der Waals surface area contributed by atoms with E-state index in [1.807, 2.05) is 26.7 Å². The summed E-state index contributed by atoms with van der Waals surface area (Å²) in [5.74, 6) is -0.0205. The highest BCUT2D eigenvalue weighted by atomic mass is 32.1. The van der Waals surface area contributed by atoms with Gasteiger partial charge in [-0.15, -0.1) is 11.3 Å². The monoisotopic (exact) mass is 464 g/mol. The van der Waals surface area contributed by atoms with Gasteiger partial charge in [0.25, 0.3) is 11.8 Å². The molecule has 2 amide bonds. The zero-order valence-corrected chi connectivity index (χ0v) is 19.5. The first kappa shape index (κ1) is 21.8. The van der Waals surface area contributed by atoms with Gasteiger partial charge in [-0.3, -0.25) is 24.2 Å². The van der Waals surface area contributed by atoms with Crippen LogP contribution in [0.3, 0.4) is 0 Å². The molecule has 0 aliphatic carbocycles. The molecule has 0 saturated carbocycles. The molecule has 0 atom stereocenters. The number of fused-ring (bicyclic) bond motifs is 1. The van der Waals surface area contributed by atoms with Crippen molar-refractivity contribution in [1.29, 1.82) is 0 Å². The fraction of sp³-hybridized carbons (Fsp3) is 0.458. The molecule has 33 heavy (non-hydrogen) atoms. The minimum atomic E-state index is -0.0242. The van der Waals surface area contributed by atoms with E-state index in [4.69, 9.17) is 5.10 Å². The van der Waals surface area contributed by atoms with Crippen LogP contribution in [0.1, 0.15) is 62.7 Å². The first-order valence-electron chi connectivity index (χ1n) is 11.6. The molecule has 0 radical (unpaired) electrons. The van der Waals surface area contributed by atoms with Gasteiger partial charge in [-0.25, -0.2) is 0 Å². The molecule has 0 bridgehead atoms. The first-order chi connectivity index (χ1) is 16.2. The molecule has 0 spiro atoms. The molecular formula is C24H28N6O2S. The van der Waals surface area contributed by atoms with Crippen LogP contribution in [0.15, 0.2) is 36.2 Å². The fourth-order valence-electron chi connectivity index (χ4n) is 4.72. The minimum absolute atomic E-state index is 0.00375. The highest BCUT2D eigenvalue weighted by Gasteiger charge is 2.32. The molecule has 1 fully saturated rings. The number of likely N-dealkylation sites (tertiary alicyclic amines) is 1. The summed E-state index contributed by atoms with van der Waals surface area (Å²) in [6.07, 6.45) is 11.1. The Morgan fingerprint density at radius 1 is 1.00 bits per heavy atom. The lowest BCUT2D eigenvalue weighted by atomic mass is 10.0. The summed E-state index contributed by atoms with van der Waals surface area (Å²) in [5, 5.41) is 4.82. The Morgan fingerprint density at radius 2 is 1.88 bits per heavy atom. The molecule has 3 aromatic rings. The van der Waals surface area contributed by atoms with E-state index in [9.17, 15) is 9.59 Å². The molecule has 5 rings (SSSR count). The third-order valence-corrected chi connectivity index (χ3v) is 7.23. The Balaban J connectivity index is 1.38. The Labute approximate surface area is 197 Å². The Hall–Kier alpha value is -3.07. The molecule has 9 heteroatoms. The maximum absolute atomic E-state index is 13.4. The van der Waals surface area contributed by atoms with Crippen LogP contribution in [0.25, 0.3) is 0 Å². The molecule has 172 valence electrons. The number of piperidine rings is 1. The van der Waals surface area contributed by atoms with Gasteiger partial charge in [0.2, 0.25) is 0 Å². The molecule has 0 unspecified atom stereocenters. The van der Waals surface area contributed by atoms with Gasteiger partial charge in [-0.05, 0) is 43.7 Å². The average Bonchev–Trinajstić information content (AvgIpc) is 3.53. The number of carbonyl (C=O) groups is 2. The molecule has 3 aromatic heterocycles. The van der Waals surface area contributed by atoms with Crippen LogP contribution >= 0.6 is 11.3 Å². The van der Waals surface area contributed by atoms with Gasteiger partial charge in [0.05, 0.1) is 18.3 Å². The van der Waals surface area contributed by atoms with Crippen molar-refractivity contribution in [2.24, 2.45) is 0 Å². The summed E-state index contributed by atoms with van der Waals surface area (Å²) in [6.45, 7) is 3.35. The van der Waals surface area contributed by atoms with Crippen molar-refractivity contribution in [3.63, 3.8) is 0 Å². The summed E-state index contributed by atoms with van der Waals surface area (Å²) >= 11 is 1.35. The van der Waals surface area contributed by atoms with Crippen molar-refractivity contribution in [2.45, 2.75) is 51.6 Å². The van der Waals surface area contributed by atoms with Gasteiger partial charge in [0.1, 0.15) is 4.88 Å². The molecule has 2 aliphatic rings. The van der Waals surface area contributed by atoms with Crippen molar-refractivity contribution in [2.75, 3.05) is 19.6 Å². The van der Waals surface area contributed by atoms with Crippen LogP contribution in [0.2, 0.25) is 0 Å². The van der Waals surface area contributed by atoms with E-state index in [0.29, 0.717) is 30.1 Å². The second-order valence-corrected chi connectivity index (χ2v) is 9.54. The van der Waals surface area contributed by atoms with Crippen LogP contribution in [-0.2, 0) is 25.9 Å². The van der Waals surface area contributed by atoms with Crippen molar-refractivity contribution >= 4 is 23.2 Å². The molecule has 8 nitrogen and oxygen atoms in total. The molecule has 5 heterocycles. The number of nitrogens with zero attached hydrogens (tertiary/aromatic N) is 6. The fourth-order valence-corrected chi connectivity index (χ4v) is 5.31. The lowest BCUT2D eigenvalue weighted by Gasteiger charge is -2.29. The number of pyridine rings is 1. The summed E-state index contributed by atoms with van der Waals surface area (Å²) in [5.41, 5.74) is 5.40. The molecule has 1 saturated heterocycles. The van der Waals surface area contributed by atoms with Gasteiger partial charge in [0, 0.05) is 56.3 Å². The summed E-state index contributed by atoms with van der Waals surface area (Å²) in [4.78, 5) is 39.0. The average molecular weight is 465 g/mol.